The van der Waals surface area contributed by atoms with Gasteiger partial charge < -0.3 is 19.8 Å². The molecule has 8 nitrogen and oxygen atoms in total. The number of ether oxygens (including phenoxy) is 1. The van der Waals surface area contributed by atoms with E-state index < -0.39 is 17.9 Å². The monoisotopic (exact) mass is 420 g/mol. The molecule has 0 radical (unpaired) electrons. The molecule has 1 saturated heterocycles. The molecule has 160 valence electrons. The molecular formula is C23H24N4O4. The van der Waals surface area contributed by atoms with E-state index in [2.05, 4.69) is 16.7 Å². The van der Waals surface area contributed by atoms with Gasteiger partial charge in [-0.25, -0.2) is 4.79 Å². The fourth-order valence-corrected chi connectivity index (χ4v) is 3.69. The Morgan fingerprint density at radius 2 is 2.03 bits per heavy atom. The van der Waals surface area contributed by atoms with Crippen LogP contribution in [0.2, 0.25) is 0 Å². The summed E-state index contributed by atoms with van der Waals surface area (Å²) in [6.07, 6.45) is 0.468. The maximum absolute atomic E-state index is 12.4. The van der Waals surface area contributed by atoms with Crippen LogP contribution in [0.25, 0.3) is 22.2 Å². The van der Waals surface area contributed by atoms with Crippen LogP contribution in [0.1, 0.15) is 12.0 Å². The number of rotatable bonds is 5. The van der Waals surface area contributed by atoms with Crippen LogP contribution >= 0.6 is 0 Å². The number of fused-ring (bicyclic) bond motifs is 1. The van der Waals surface area contributed by atoms with Gasteiger partial charge >= 0.3 is 5.76 Å². The van der Waals surface area contributed by atoms with Gasteiger partial charge in [0.25, 0.3) is 0 Å². The number of nitrogens with zero attached hydrogens (tertiary/aromatic N) is 2. The van der Waals surface area contributed by atoms with Gasteiger partial charge in [-0.05, 0) is 41.8 Å². The largest absolute Gasteiger partial charge is 0.419 e. The normalized spacial score (nSPS) is 17.6. The summed E-state index contributed by atoms with van der Waals surface area (Å²) < 4.78 is 12.2. The van der Waals surface area contributed by atoms with Crippen molar-refractivity contribution in [2.45, 2.75) is 25.0 Å². The highest BCUT2D eigenvalue weighted by molar-refractivity contribution is 5.82. The third-order valence-corrected chi connectivity index (χ3v) is 5.46. The average Bonchev–Trinajstić information content (AvgIpc) is 2.96. The summed E-state index contributed by atoms with van der Waals surface area (Å²) in [5.41, 5.74) is 4.16. The number of aryl methyl sites for hydroxylation is 1. The van der Waals surface area contributed by atoms with E-state index in [0.29, 0.717) is 25.0 Å². The van der Waals surface area contributed by atoms with E-state index in [4.69, 9.17) is 9.15 Å². The Bertz CT molecular complexity index is 1160. The first-order valence-electron chi connectivity index (χ1n) is 10.3. The fraction of sp³-hybridized carbons (Fsp3) is 0.348. The van der Waals surface area contributed by atoms with E-state index in [9.17, 15) is 14.9 Å². The molecule has 2 unspecified atom stereocenters. The van der Waals surface area contributed by atoms with Crippen LogP contribution in [0, 0.1) is 11.3 Å². The number of nitrogens with one attached hydrogen (secondary N) is 2. The summed E-state index contributed by atoms with van der Waals surface area (Å²) in [7, 11) is 1.67. The third kappa shape index (κ3) is 4.68. The van der Waals surface area contributed by atoms with Crippen LogP contribution in [0.3, 0.4) is 0 Å². The second-order valence-electron chi connectivity index (χ2n) is 7.60. The van der Waals surface area contributed by atoms with Crippen molar-refractivity contribution in [1.82, 2.24) is 15.2 Å². The van der Waals surface area contributed by atoms with E-state index >= 15 is 0 Å². The standard InChI is InChI=1S/C23H24N4O4/c1-27-19-13-17(6-7-20(19)31-23(27)29)16-4-2-15(3-5-16)12-18(14-24)26-22(28)21-8-9-25-10-11-30-21/h2-7,13,18,21,25H,8-12H2,1H3,(H,26,28). The molecule has 31 heavy (non-hydrogen) atoms. The molecule has 2 heterocycles. The predicted molar refractivity (Wildman–Crippen MR) is 115 cm³/mol. The van der Waals surface area contributed by atoms with Gasteiger partial charge in [0, 0.05) is 20.0 Å². The minimum atomic E-state index is -0.630. The number of amides is 1. The number of aromatic nitrogens is 1. The summed E-state index contributed by atoms with van der Waals surface area (Å²) in [5.74, 6) is -0.636. The van der Waals surface area contributed by atoms with Gasteiger partial charge in [0.1, 0.15) is 12.1 Å². The van der Waals surface area contributed by atoms with Crippen LogP contribution < -0.4 is 16.4 Å². The van der Waals surface area contributed by atoms with Gasteiger partial charge in [-0.15, -0.1) is 0 Å². The molecule has 1 aliphatic rings. The average molecular weight is 420 g/mol. The van der Waals surface area contributed by atoms with E-state index in [0.717, 1.165) is 35.3 Å². The molecule has 0 bridgehead atoms. The van der Waals surface area contributed by atoms with Crippen LogP contribution in [-0.2, 0) is 23.0 Å². The molecule has 1 aliphatic heterocycles. The summed E-state index contributed by atoms with van der Waals surface area (Å²) in [6, 6.07) is 14.9. The van der Waals surface area contributed by atoms with Gasteiger partial charge in [0.05, 0.1) is 18.2 Å². The number of hydrogen-bond acceptors (Lipinski definition) is 6. The lowest BCUT2D eigenvalue weighted by molar-refractivity contribution is -0.132. The highest BCUT2D eigenvalue weighted by atomic mass is 16.5. The second kappa shape index (κ2) is 9.16. The number of oxazole rings is 1. The lowest BCUT2D eigenvalue weighted by Gasteiger charge is -2.17. The fourth-order valence-electron chi connectivity index (χ4n) is 3.69. The molecule has 1 aromatic heterocycles. The molecule has 0 aliphatic carbocycles. The summed E-state index contributed by atoms with van der Waals surface area (Å²) in [5, 5.41) is 15.5. The lowest BCUT2D eigenvalue weighted by atomic mass is 10.0. The van der Waals surface area contributed by atoms with Crippen molar-refractivity contribution in [1.29, 1.82) is 5.26 Å². The van der Waals surface area contributed by atoms with Crippen molar-refractivity contribution < 1.29 is 13.9 Å². The molecule has 0 saturated carbocycles. The number of hydrogen-bond donors (Lipinski definition) is 2. The lowest BCUT2D eigenvalue weighted by Crippen LogP contribution is -2.43. The first kappa shape index (κ1) is 20.8. The van der Waals surface area contributed by atoms with Crippen molar-refractivity contribution in [3.63, 3.8) is 0 Å². The van der Waals surface area contributed by atoms with Crippen molar-refractivity contribution in [2.75, 3.05) is 19.7 Å². The minimum absolute atomic E-state index is 0.245. The highest BCUT2D eigenvalue weighted by Gasteiger charge is 2.23. The SMILES string of the molecule is Cn1c(=O)oc2ccc(-c3ccc(CC(C#N)NC(=O)C4CCNCCO4)cc3)cc21. The number of carbonyl (C=O) groups is 1. The summed E-state index contributed by atoms with van der Waals surface area (Å²) in [6.45, 7) is 1.92. The maximum Gasteiger partial charge on any atom is 0.419 e. The number of carbonyl (C=O) groups excluding carboxylic acids is 1. The molecule has 8 heteroatoms. The smallest absolute Gasteiger partial charge is 0.408 e. The zero-order valence-corrected chi connectivity index (χ0v) is 17.3. The van der Waals surface area contributed by atoms with Gasteiger partial charge in [-0.3, -0.25) is 9.36 Å². The Morgan fingerprint density at radius 1 is 1.26 bits per heavy atom. The van der Waals surface area contributed by atoms with Crippen molar-refractivity contribution in [3.05, 3.63) is 58.6 Å². The van der Waals surface area contributed by atoms with Crippen LogP contribution in [-0.4, -0.2) is 42.3 Å². The Labute approximate surface area is 179 Å². The van der Waals surface area contributed by atoms with Gasteiger partial charge in [-0.1, -0.05) is 30.3 Å². The van der Waals surface area contributed by atoms with Crippen LogP contribution in [0.15, 0.2) is 51.7 Å². The number of nitriles is 1. The molecule has 2 atom stereocenters. The molecule has 2 N–H and O–H groups in total. The van der Waals surface area contributed by atoms with Gasteiger partial charge in [0.2, 0.25) is 5.91 Å². The second-order valence-corrected chi connectivity index (χ2v) is 7.60. The molecule has 1 amide bonds. The molecule has 3 aromatic rings. The van der Waals surface area contributed by atoms with E-state index in [-0.39, 0.29) is 5.91 Å². The topological polar surface area (TPSA) is 109 Å². The maximum atomic E-state index is 12.4. The van der Waals surface area contributed by atoms with E-state index in [1.54, 1.807) is 13.1 Å². The molecule has 1 fully saturated rings. The summed E-state index contributed by atoms with van der Waals surface area (Å²) in [4.78, 5) is 24.1. The van der Waals surface area contributed by atoms with Gasteiger partial charge in [0.15, 0.2) is 5.58 Å². The zero-order valence-electron chi connectivity index (χ0n) is 17.3. The quantitative estimate of drug-likeness (QED) is 0.651. The zero-order chi connectivity index (χ0) is 21.8. The van der Waals surface area contributed by atoms with Crippen molar-refractivity contribution in [2.24, 2.45) is 7.05 Å². The highest BCUT2D eigenvalue weighted by Crippen LogP contribution is 2.24. The number of benzene rings is 2. The van der Waals surface area contributed by atoms with Crippen LogP contribution in [0.5, 0.6) is 0 Å². The molecule has 2 aromatic carbocycles. The van der Waals surface area contributed by atoms with E-state index in [1.165, 1.54) is 4.57 Å². The molecule has 0 spiro atoms. The first-order valence-corrected chi connectivity index (χ1v) is 10.3. The van der Waals surface area contributed by atoms with Gasteiger partial charge in [-0.2, -0.15) is 5.26 Å². The first-order chi connectivity index (χ1) is 15.0. The molecule has 4 rings (SSSR count). The Hall–Kier alpha value is -3.41. The third-order valence-electron chi connectivity index (χ3n) is 5.46. The van der Waals surface area contributed by atoms with Crippen molar-refractivity contribution >= 4 is 17.0 Å². The Kier molecular flexibility index (Phi) is 6.16. The van der Waals surface area contributed by atoms with E-state index in [1.807, 2.05) is 36.4 Å². The van der Waals surface area contributed by atoms with Crippen LogP contribution in [0.4, 0.5) is 0 Å². The minimum Gasteiger partial charge on any atom is -0.408 e. The van der Waals surface area contributed by atoms with Crippen molar-refractivity contribution in [3.8, 4) is 17.2 Å². The Balaban J connectivity index is 1.43. The molecular weight excluding hydrogens is 396 g/mol. The predicted octanol–water partition coefficient (Wildman–Crippen LogP) is 1.73. The Morgan fingerprint density at radius 3 is 2.81 bits per heavy atom. The summed E-state index contributed by atoms with van der Waals surface area (Å²) >= 11 is 0.